The Labute approximate surface area is 145 Å². The predicted octanol–water partition coefficient (Wildman–Crippen LogP) is 0.976. The Morgan fingerprint density at radius 1 is 1.12 bits per heavy atom. The van der Waals surface area contributed by atoms with Gasteiger partial charge in [0.05, 0.1) is 20.3 Å². The van der Waals surface area contributed by atoms with E-state index in [4.69, 9.17) is 9.47 Å². The van der Waals surface area contributed by atoms with Crippen LogP contribution in [0.25, 0.3) is 0 Å². The highest BCUT2D eigenvalue weighted by molar-refractivity contribution is 5.17. The molecule has 0 aliphatic carbocycles. The van der Waals surface area contributed by atoms with E-state index in [2.05, 4.69) is 26.2 Å². The van der Waals surface area contributed by atoms with E-state index >= 15 is 0 Å². The van der Waals surface area contributed by atoms with Crippen LogP contribution < -0.4 is 10.1 Å². The van der Waals surface area contributed by atoms with E-state index in [9.17, 15) is 0 Å². The lowest BCUT2D eigenvalue weighted by atomic mass is 10.0. The molecule has 0 aromatic carbocycles. The number of aromatic nitrogens is 1. The van der Waals surface area contributed by atoms with E-state index in [0.717, 1.165) is 32.8 Å². The summed E-state index contributed by atoms with van der Waals surface area (Å²) in [6, 6.07) is 4.62. The van der Waals surface area contributed by atoms with E-state index in [1.807, 2.05) is 12.3 Å². The number of piperidine rings is 1. The van der Waals surface area contributed by atoms with E-state index in [1.54, 1.807) is 7.11 Å². The van der Waals surface area contributed by atoms with Gasteiger partial charge in [-0.2, -0.15) is 0 Å². The summed E-state index contributed by atoms with van der Waals surface area (Å²) in [6.07, 6.45) is 4.35. The van der Waals surface area contributed by atoms with E-state index in [0.29, 0.717) is 11.9 Å². The van der Waals surface area contributed by atoms with Crippen LogP contribution in [0.3, 0.4) is 0 Å². The van der Waals surface area contributed by atoms with Crippen LogP contribution in [0.4, 0.5) is 0 Å². The Bertz CT molecular complexity index is 468. The van der Waals surface area contributed by atoms with Gasteiger partial charge in [-0.15, -0.1) is 0 Å². The van der Waals surface area contributed by atoms with Crippen LogP contribution in [0.1, 0.15) is 18.4 Å². The van der Waals surface area contributed by atoms with Crippen LogP contribution in [0, 0.1) is 0 Å². The standard InChI is InChI=1S/C18H30N4O2/c1-23-18-3-2-16(15-20-18)14-19-17-4-6-21(7-5-17)8-9-22-10-12-24-13-11-22/h2-3,15,17,19H,4-14H2,1H3. The Morgan fingerprint density at radius 3 is 2.46 bits per heavy atom. The molecular weight excluding hydrogens is 304 g/mol. The van der Waals surface area contributed by atoms with E-state index in [1.165, 1.54) is 44.6 Å². The Balaban J connectivity index is 1.31. The number of nitrogens with one attached hydrogen (secondary N) is 1. The van der Waals surface area contributed by atoms with Gasteiger partial charge in [0.25, 0.3) is 0 Å². The molecule has 2 saturated heterocycles. The minimum absolute atomic E-state index is 0.617. The number of pyridine rings is 1. The topological polar surface area (TPSA) is 49.9 Å². The quantitative estimate of drug-likeness (QED) is 0.802. The molecule has 1 N–H and O–H groups in total. The fourth-order valence-electron chi connectivity index (χ4n) is 3.37. The number of likely N-dealkylation sites (tertiary alicyclic amines) is 1. The van der Waals surface area contributed by atoms with Gasteiger partial charge in [0.15, 0.2) is 0 Å². The second-order valence-corrected chi connectivity index (χ2v) is 6.66. The molecule has 2 aliphatic heterocycles. The number of methoxy groups -OCH3 is 1. The lowest BCUT2D eigenvalue weighted by molar-refractivity contribution is 0.0318. The number of hydrogen-bond acceptors (Lipinski definition) is 6. The van der Waals surface area contributed by atoms with Crippen molar-refractivity contribution in [3.05, 3.63) is 23.9 Å². The Morgan fingerprint density at radius 2 is 1.83 bits per heavy atom. The molecule has 0 radical (unpaired) electrons. The molecule has 2 fully saturated rings. The maximum Gasteiger partial charge on any atom is 0.212 e. The molecule has 6 nitrogen and oxygen atoms in total. The number of morpholine rings is 1. The summed E-state index contributed by atoms with van der Waals surface area (Å²) in [4.78, 5) is 9.38. The average Bonchev–Trinajstić information content (AvgIpc) is 2.67. The van der Waals surface area contributed by atoms with Crippen molar-refractivity contribution in [1.82, 2.24) is 20.1 Å². The van der Waals surface area contributed by atoms with Crippen molar-refractivity contribution >= 4 is 0 Å². The second kappa shape index (κ2) is 9.32. The fraction of sp³-hybridized carbons (Fsp3) is 0.722. The molecule has 0 amide bonds. The summed E-state index contributed by atoms with van der Waals surface area (Å²) < 4.78 is 10.5. The summed E-state index contributed by atoms with van der Waals surface area (Å²) in [7, 11) is 1.65. The highest BCUT2D eigenvalue weighted by Gasteiger charge is 2.19. The van der Waals surface area contributed by atoms with Gasteiger partial charge in [0.1, 0.15) is 0 Å². The zero-order valence-electron chi connectivity index (χ0n) is 14.7. The molecule has 2 aliphatic rings. The Kier molecular flexibility index (Phi) is 6.84. The molecule has 1 aromatic rings. The van der Waals surface area contributed by atoms with Crippen LogP contribution >= 0.6 is 0 Å². The molecule has 134 valence electrons. The third-order valence-electron chi connectivity index (χ3n) is 5.03. The molecular formula is C18H30N4O2. The van der Waals surface area contributed by atoms with Crippen molar-refractivity contribution in [2.75, 3.05) is 59.6 Å². The summed E-state index contributed by atoms with van der Waals surface area (Å²) in [6.45, 7) is 9.62. The predicted molar refractivity (Wildman–Crippen MR) is 94.3 cm³/mol. The van der Waals surface area contributed by atoms with Gasteiger partial charge < -0.3 is 19.7 Å². The first kappa shape index (κ1) is 17.6. The molecule has 0 unspecified atom stereocenters. The van der Waals surface area contributed by atoms with E-state index in [-0.39, 0.29) is 0 Å². The van der Waals surface area contributed by atoms with E-state index < -0.39 is 0 Å². The van der Waals surface area contributed by atoms with Gasteiger partial charge in [0.2, 0.25) is 5.88 Å². The SMILES string of the molecule is COc1ccc(CNC2CCN(CCN3CCOCC3)CC2)cn1. The number of ether oxygens (including phenoxy) is 2. The van der Waals surface area contributed by atoms with Crippen LogP contribution in [-0.2, 0) is 11.3 Å². The van der Waals surface area contributed by atoms with Gasteiger partial charge >= 0.3 is 0 Å². The molecule has 6 heteroatoms. The first-order valence-electron chi connectivity index (χ1n) is 9.08. The van der Waals surface area contributed by atoms with Gasteiger partial charge in [-0.25, -0.2) is 4.98 Å². The zero-order valence-corrected chi connectivity index (χ0v) is 14.7. The van der Waals surface area contributed by atoms with Crippen molar-refractivity contribution in [2.45, 2.75) is 25.4 Å². The minimum Gasteiger partial charge on any atom is -0.481 e. The van der Waals surface area contributed by atoms with Gasteiger partial charge in [0, 0.05) is 51.0 Å². The van der Waals surface area contributed by atoms with Crippen LogP contribution in [0.2, 0.25) is 0 Å². The second-order valence-electron chi connectivity index (χ2n) is 6.66. The molecule has 0 bridgehead atoms. The monoisotopic (exact) mass is 334 g/mol. The lowest BCUT2D eigenvalue weighted by Gasteiger charge is -2.34. The summed E-state index contributed by atoms with van der Waals surface area (Å²) in [5.41, 5.74) is 1.21. The largest absolute Gasteiger partial charge is 0.481 e. The van der Waals surface area contributed by atoms with Gasteiger partial charge in [-0.1, -0.05) is 6.07 Å². The average molecular weight is 334 g/mol. The first-order chi connectivity index (χ1) is 11.8. The minimum atomic E-state index is 0.617. The molecule has 24 heavy (non-hydrogen) atoms. The van der Waals surface area contributed by atoms with Crippen LogP contribution in [0.15, 0.2) is 18.3 Å². The lowest BCUT2D eigenvalue weighted by Crippen LogP contribution is -2.46. The van der Waals surface area contributed by atoms with Crippen molar-refractivity contribution in [3.63, 3.8) is 0 Å². The van der Waals surface area contributed by atoms with Gasteiger partial charge in [-0.05, 0) is 31.5 Å². The maximum atomic E-state index is 5.41. The molecule has 0 atom stereocenters. The summed E-state index contributed by atoms with van der Waals surface area (Å²) in [5, 5.41) is 3.67. The molecule has 0 spiro atoms. The fourth-order valence-corrected chi connectivity index (χ4v) is 3.37. The third kappa shape index (κ3) is 5.41. The number of hydrogen-bond donors (Lipinski definition) is 1. The number of nitrogens with zero attached hydrogens (tertiary/aromatic N) is 3. The summed E-state index contributed by atoms with van der Waals surface area (Å²) in [5.74, 6) is 0.673. The molecule has 1 aromatic heterocycles. The normalized spacial score (nSPS) is 21.0. The third-order valence-corrected chi connectivity index (χ3v) is 5.03. The van der Waals surface area contributed by atoms with Gasteiger partial charge in [-0.3, -0.25) is 4.90 Å². The highest BCUT2D eigenvalue weighted by Crippen LogP contribution is 2.12. The van der Waals surface area contributed by atoms with Crippen molar-refractivity contribution in [1.29, 1.82) is 0 Å². The Hall–Kier alpha value is -1.21. The van der Waals surface area contributed by atoms with Crippen molar-refractivity contribution in [3.8, 4) is 5.88 Å². The smallest absolute Gasteiger partial charge is 0.212 e. The zero-order chi connectivity index (χ0) is 16.6. The summed E-state index contributed by atoms with van der Waals surface area (Å²) >= 11 is 0. The van der Waals surface area contributed by atoms with Crippen LogP contribution in [-0.4, -0.2) is 80.4 Å². The van der Waals surface area contributed by atoms with Crippen LogP contribution in [0.5, 0.6) is 5.88 Å². The molecule has 3 heterocycles. The molecule has 0 saturated carbocycles. The van der Waals surface area contributed by atoms with Crippen molar-refractivity contribution < 1.29 is 9.47 Å². The maximum absolute atomic E-state index is 5.41. The highest BCUT2D eigenvalue weighted by atomic mass is 16.5. The number of rotatable bonds is 7. The van der Waals surface area contributed by atoms with Crippen molar-refractivity contribution in [2.24, 2.45) is 0 Å². The molecule has 3 rings (SSSR count). The first-order valence-corrected chi connectivity index (χ1v) is 9.08.